The van der Waals surface area contributed by atoms with Crippen LogP contribution in [-0.2, 0) is 9.59 Å². The number of carbonyl (C=O) groups is 2. The molecule has 1 heterocycles. The number of nitrogens with one attached hydrogen (secondary N) is 2. The Hall–Kier alpha value is -2.81. The second kappa shape index (κ2) is 8.26. The van der Waals surface area contributed by atoms with E-state index < -0.39 is 11.0 Å². The molecule has 1 unspecified atom stereocenters. The van der Waals surface area contributed by atoms with Gasteiger partial charge in [0.15, 0.2) is 5.13 Å². The van der Waals surface area contributed by atoms with Crippen molar-refractivity contribution in [1.29, 1.82) is 0 Å². The number of nitro benzene ring substituents is 1. The van der Waals surface area contributed by atoms with E-state index in [4.69, 9.17) is 0 Å². The standard InChI is InChI=1S/C18H20N4O4S/c1-11(23)19-16(12-5-2-3-6-12)17(24)21-18-20-15(10-27-18)13-7-4-8-14(9-13)22(25)26/h4,7-10,12,16H,2-3,5-6H2,1H3,(H,19,23)(H,20,21,24). The van der Waals surface area contributed by atoms with Gasteiger partial charge in [-0.1, -0.05) is 25.0 Å². The highest BCUT2D eigenvalue weighted by Crippen LogP contribution is 2.30. The largest absolute Gasteiger partial charge is 0.344 e. The van der Waals surface area contributed by atoms with Crippen LogP contribution in [-0.4, -0.2) is 27.8 Å². The van der Waals surface area contributed by atoms with Crippen LogP contribution >= 0.6 is 11.3 Å². The number of nitrogens with zero attached hydrogens (tertiary/aromatic N) is 2. The van der Waals surface area contributed by atoms with Gasteiger partial charge in [0.05, 0.1) is 10.6 Å². The normalized spacial score (nSPS) is 15.3. The van der Waals surface area contributed by atoms with Crippen molar-refractivity contribution in [2.24, 2.45) is 5.92 Å². The fourth-order valence-corrected chi connectivity index (χ4v) is 4.06. The molecule has 9 heteroatoms. The van der Waals surface area contributed by atoms with Gasteiger partial charge >= 0.3 is 0 Å². The molecular weight excluding hydrogens is 368 g/mol. The summed E-state index contributed by atoms with van der Waals surface area (Å²) in [6, 6.07) is 5.61. The van der Waals surface area contributed by atoms with E-state index in [0.29, 0.717) is 16.4 Å². The molecule has 0 saturated heterocycles. The van der Waals surface area contributed by atoms with Gasteiger partial charge in [-0.2, -0.15) is 0 Å². The third-order valence-corrected chi connectivity index (χ3v) is 5.36. The van der Waals surface area contributed by atoms with E-state index in [-0.39, 0.29) is 23.4 Å². The molecule has 2 aromatic rings. The van der Waals surface area contributed by atoms with Crippen LogP contribution in [0.5, 0.6) is 0 Å². The van der Waals surface area contributed by atoms with Gasteiger partial charge in [0, 0.05) is 30.0 Å². The maximum atomic E-state index is 12.7. The summed E-state index contributed by atoms with van der Waals surface area (Å²) in [6.45, 7) is 1.40. The predicted molar refractivity (Wildman–Crippen MR) is 102 cm³/mol. The zero-order valence-electron chi connectivity index (χ0n) is 14.8. The third kappa shape index (κ3) is 4.68. The van der Waals surface area contributed by atoms with Gasteiger partial charge in [-0.05, 0) is 18.8 Å². The summed E-state index contributed by atoms with van der Waals surface area (Å²) in [7, 11) is 0. The van der Waals surface area contributed by atoms with E-state index in [1.165, 1.54) is 30.4 Å². The van der Waals surface area contributed by atoms with E-state index in [1.54, 1.807) is 17.5 Å². The van der Waals surface area contributed by atoms with Crippen LogP contribution < -0.4 is 10.6 Å². The number of anilines is 1. The molecule has 0 aliphatic heterocycles. The minimum absolute atomic E-state index is 0.0157. The van der Waals surface area contributed by atoms with Gasteiger partial charge in [0.2, 0.25) is 11.8 Å². The second-order valence-corrected chi connectivity index (χ2v) is 7.42. The zero-order chi connectivity index (χ0) is 19.4. The van der Waals surface area contributed by atoms with Gasteiger partial charge in [-0.3, -0.25) is 19.7 Å². The van der Waals surface area contributed by atoms with Crippen LogP contribution in [0.15, 0.2) is 29.6 Å². The summed E-state index contributed by atoms with van der Waals surface area (Å²) in [4.78, 5) is 39.0. The third-order valence-electron chi connectivity index (χ3n) is 4.60. The second-order valence-electron chi connectivity index (χ2n) is 6.56. The summed E-state index contributed by atoms with van der Waals surface area (Å²) in [6.07, 6.45) is 3.94. The van der Waals surface area contributed by atoms with Crippen molar-refractivity contribution in [1.82, 2.24) is 10.3 Å². The molecule has 0 bridgehead atoms. The number of aromatic nitrogens is 1. The Morgan fingerprint density at radius 1 is 1.33 bits per heavy atom. The fraction of sp³-hybridized carbons (Fsp3) is 0.389. The number of thiazole rings is 1. The molecule has 1 fully saturated rings. The predicted octanol–water partition coefficient (Wildman–Crippen LogP) is 3.35. The van der Waals surface area contributed by atoms with Crippen molar-refractivity contribution in [3.63, 3.8) is 0 Å². The molecule has 1 aromatic carbocycles. The maximum Gasteiger partial charge on any atom is 0.270 e. The molecule has 1 aliphatic rings. The Balaban J connectivity index is 1.74. The van der Waals surface area contributed by atoms with E-state index in [9.17, 15) is 19.7 Å². The molecule has 1 saturated carbocycles. The van der Waals surface area contributed by atoms with E-state index in [2.05, 4.69) is 15.6 Å². The molecule has 0 spiro atoms. The summed E-state index contributed by atoms with van der Waals surface area (Å²) in [5.41, 5.74) is 1.14. The summed E-state index contributed by atoms with van der Waals surface area (Å²) in [5.74, 6) is -0.388. The van der Waals surface area contributed by atoms with Crippen molar-refractivity contribution in [2.75, 3.05) is 5.32 Å². The topological polar surface area (TPSA) is 114 Å². The number of non-ortho nitro benzene ring substituents is 1. The summed E-state index contributed by atoms with van der Waals surface area (Å²) >= 11 is 1.24. The van der Waals surface area contributed by atoms with Crippen molar-refractivity contribution in [3.05, 3.63) is 39.8 Å². The summed E-state index contributed by atoms with van der Waals surface area (Å²) < 4.78 is 0. The average Bonchev–Trinajstić information content (AvgIpc) is 3.31. The van der Waals surface area contributed by atoms with Gasteiger partial charge in [0.25, 0.3) is 5.69 Å². The Kier molecular flexibility index (Phi) is 5.80. The van der Waals surface area contributed by atoms with E-state index >= 15 is 0 Å². The number of amides is 2. The maximum absolute atomic E-state index is 12.7. The molecule has 8 nitrogen and oxygen atoms in total. The van der Waals surface area contributed by atoms with Crippen molar-refractivity contribution in [2.45, 2.75) is 38.6 Å². The van der Waals surface area contributed by atoms with E-state index in [0.717, 1.165) is 25.7 Å². The van der Waals surface area contributed by atoms with Crippen molar-refractivity contribution in [3.8, 4) is 11.3 Å². The Morgan fingerprint density at radius 2 is 2.07 bits per heavy atom. The lowest BCUT2D eigenvalue weighted by Crippen LogP contribution is -2.47. The first-order valence-electron chi connectivity index (χ1n) is 8.72. The molecular formula is C18H20N4O4S. The Labute approximate surface area is 160 Å². The molecule has 2 amide bonds. The van der Waals surface area contributed by atoms with Crippen LogP contribution in [0.3, 0.4) is 0 Å². The SMILES string of the molecule is CC(=O)NC(C(=O)Nc1nc(-c2cccc([N+](=O)[O-])c2)cs1)C1CCCC1. The van der Waals surface area contributed by atoms with Crippen LogP contribution in [0, 0.1) is 16.0 Å². The number of benzene rings is 1. The molecule has 1 aliphatic carbocycles. The first-order valence-corrected chi connectivity index (χ1v) is 9.60. The number of hydrogen-bond donors (Lipinski definition) is 2. The Bertz CT molecular complexity index is 861. The molecule has 1 atom stereocenters. The quantitative estimate of drug-likeness (QED) is 0.582. The lowest BCUT2D eigenvalue weighted by molar-refractivity contribution is -0.384. The van der Waals surface area contributed by atoms with Gasteiger partial charge in [0.1, 0.15) is 6.04 Å². The van der Waals surface area contributed by atoms with Crippen molar-refractivity contribution < 1.29 is 14.5 Å². The van der Waals surface area contributed by atoms with Gasteiger partial charge in [-0.25, -0.2) is 4.98 Å². The molecule has 2 N–H and O–H groups in total. The molecule has 3 rings (SSSR count). The minimum atomic E-state index is -0.574. The minimum Gasteiger partial charge on any atom is -0.344 e. The fourth-order valence-electron chi connectivity index (χ4n) is 3.33. The first kappa shape index (κ1) is 19.0. The monoisotopic (exact) mass is 388 g/mol. The van der Waals surface area contributed by atoms with Crippen molar-refractivity contribution >= 4 is 34.0 Å². The van der Waals surface area contributed by atoms with E-state index in [1.807, 2.05) is 0 Å². The van der Waals surface area contributed by atoms with Crippen LogP contribution in [0.4, 0.5) is 10.8 Å². The molecule has 27 heavy (non-hydrogen) atoms. The number of nitro groups is 1. The molecule has 142 valence electrons. The van der Waals surface area contributed by atoms with Gasteiger partial charge < -0.3 is 10.6 Å². The highest BCUT2D eigenvalue weighted by molar-refractivity contribution is 7.14. The smallest absolute Gasteiger partial charge is 0.270 e. The molecule has 0 radical (unpaired) electrons. The van der Waals surface area contributed by atoms with Crippen LogP contribution in [0.25, 0.3) is 11.3 Å². The average molecular weight is 388 g/mol. The Morgan fingerprint density at radius 3 is 2.74 bits per heavy atom. The summed E-state index contributed by atoms with van der Waals surface area (Å²) in [5, 5.41) is 18.6. The van der Waals surface area contributed by atoms with Gasteiger partial charge in [-0.15, -0.1) is 11.3 Å². The zero-order valence-corrected chi connectivity index (χ0v) is 15.6. The lowest BCUT2D eigenvalue weighted by Gasteiger charge is -2.22. The highest BCUT2D eigenvalue weighted by atomic mass is 32.1. The highest BCUT2D eigenvalue weighted by Gasteiger charge is 2.31. The van der Waals surface area contributed by atoms with Crippen LogP contribution in [0.1, 0.15) is 32.6 Å². The lowest BCUT2D eigenvalue weighted by atomic mass is 9.97. The number of carbonyl (C=O) groups excluding carboxylic acids is 2. The first-order chi connectivity index (χ1) is 12.9. The number of rotatable bonds is 6. The molecule has 1 aromatic heterocycles. The number of hydrogen-bond acceptors (Lipinski definition) is 6. The van der Waals surface area contributed by atoms with Crippen LogP contribution in [0.2, 0.25) is 0 Å².